The first-order valence-electron chi connectivity index (χ1n) is 7.93. The van der Waals surface area contributed by atoms with Crippen molar-refractivity contribution in [3.8, 4) is 0 Å². The molecule has 0 radical (unpaired) electrons. The van der Waals surface area contributed by atoms with Crippen LogP contribution in [0.2, 0.25) is 0 Å². The van der Waals surface area contributed by atoms with Crippen LogP contribution in [0, 0.1) is 11.8 Å². The standard InChI is InChI=1S/C15H25F3N2O/c1-10-4-2-7-13(9-19)20(10)14(21)11-5-3-6-12(8-11)15(16,17)18/h10-13H,2-9,19H2,1H3. The Labute approximate surface area is 124 Å². The number of carbonyl (C=O) groups is 1. The van der Waals surface area contributed by atoms with Crippen molar-refractivity contribution in [1.29, 1.82) is 0 Å². The zero-order chi connectivity index (χ0) is 15.6. The Morgan fingerprint density at radius 2 is 1.86 bits per heavy atom. The predicted octanol–water partition coefficient (Wildman–Crippen LogP) is 3.08. The van der Waals surface area contributed by atoms with Crippen molar-refractivity contribution >= 4 is 5.91 Å². The minimum absolute atomic E-state index is 0.00693. The molecule has 0 aromatic carbocycles. The first-order chi connectivity index (χ1) is 9.84. The van der Waals surface area contributed by atoms with Gasteiger partial charge in [0.15, 0.2) is 0 Å². The van der Waals surface area contributed by atoms with Gasteiger partial charge in [-0.1, -0.05) is 6.42 Å². The van der Waals surface area contributed by atoms with E-state index in [4.69, 9.17) is 5.73 Å². The maximum absolute atomic E-state index is 12.9. The number of hydrogen-bond donors (Lipinski definition) is 1. The number of likely N-dealkylation sites (tertiary alicyclic amines) is 1. The van der Waals surface area contributed by atoms with Gasteiger partial charge in [0.2, 0.25) is 5.91 Å². The van der Waals surface area contributed by atoms with Gasteiger partial charge in [-0.2, -0.15) is 13.2 Å². The summed E-state index contributed by atoms with van der Waals surface area (Å²) >= 11 is 0. The third-order valence-electron chi connectivity index (χ3n) is 5.04. The molecule has 1 saturated carbocycles. The van der Waals surface area contributed by atoms with Gasteiger partial charge in [-0.25, -0.2) is 0 Å². The molecule has 2 aliphatic rings. The number of rotatable bonds is 2. The van der Waals surface area contributed by atoms with Crippen LogP contribution >= 0.6 is 0 Å². The topological polar surface area (TPSA) is 46.3 Å². The summed E-state index contributed by atoms with van der Waals surface area (Å²) in [5.41, 5.74) is 5.75. The van der Waals surface area contributed by atoms with Crippen molar-refractivity contribution in [2.45, 2.75) is 70.1 Å². The summed E-state index contributed by atoms with van der Waals surface area (Å²) in [5, 5.41) is 0. The highest BCUT2D eigenvalue weighted by molar-refractivity contribution is 5.79. The summed E-state index contributed by atoms with van der Waals surface area (Å²) in [7, 11) is 0. The Bertz CT molecular complexity index is 372. The van der Waals surface area contributed by atoms with Crippen LogP contribution in [0.15, 0.2) is 0 Å². The maximum Gasteiger partial charge on any atom is 0.391 e. The normalized spacial score (nSPS) is 34.8. The average Bonchev–Trinajstić information content (AvgIpc) is 2.45. The van der Waals surface area contributed by atoms with Crippen LogP contribution in [0.1, 0.15) is 51.9 Å². The van der Waals surface area contributed by atoms with Crippen LogP contribution in [0.5, 0.6) is 0 Å². The van der Waals surface area contributed by atoms with Gasteiger partial charge < -0.3 is 10.6 Å². The Morgan fingerprint density at radius 1 is 1.19 bits per heavy atom. The minimum atomic E-state index is -4.18. The van der Waals surface area contributed by atoms with E-state index >= 15 is 0 Å². The second-order valence-electron chi connectivity index (χ2n) is 6.52. The lowest BCUT2D eigenvalue weighted by Gasteiger charge is -2.43. The number of carbonyl (C=O) groups excluding carboxylic acids is 1. The molecule has 2 fully saturated rings. The van der Waals surface area contributed by atoms with Crippen molar-refractivity contribution in [2.24, 2.45) is 17.6 Å². The fraction of sp³-hybridized carbons (Fsp3) is 0.933. The van der Waals surface area contributed by atoms with Gasteiger partial charge in [0.25, 0.3) is 0 Å². The van der Waals surface area contributed by atoms with E-state index in [0.717, 1.165) is 19.3 Å². The molecule has 2 rings (SSSR count). The first-order valence-corrected chi connectivity index (χ1v) is 7.93. The molecule has 1 heterocycles. The molecule has 6 heteroatoms. The Balaban J connectivity index is 2.07. The lowest BCUT2D eigenvalue weighted by molar-refractivity contribution is -0.187. The molecule has 3 nitrogen and oxygen atoms in total. The van der Waals surface area contributed by atoms with E-state index in [9.17, 15) is 18.0 Å². The highest BCUT2D eigenvalue weighted by Gasteiger charge is 2.45. The Kier molecular flexibility index (Phi) is 5.17. The molecule has 0 spiro atoms. The van der Waals surface area contributed by atoms with Gasteiger partial charge in [0.05, 0.1) is 5.92 Å². The number of nitrogens with zero attached hydrogens (tertiary/aromatic N) is 1. The van der Waals surface area contributed by atoms with E-state index in [2.05, 4.69) is 0 Å². The Morgan fingerprint density at radius 3 is 2.48 bits per heavy atom. The van der Waals surface area contributed by atoms with E-state index in [1.807, 2.05) is 6.92 Å². The average molecular weight is 306 g/mol. The van der Waals surface area contributed by atoms with E-state index in [1.165, 1.54) is 0 Å². The molecule has 1 amide bonds. The van der Waals surface area contributed by atoms with Crippen LogP contribution in [0.4, 0.5) is 13.2 Å². The molecule has 122 valence electrons. The van der Waals surface area contributed by atoms with E-state index in [1.54, 1.807) is 4.90 Å². The third-order valence-corrected chi connectivity index (χ3v) is 5.04. The van der Waals surface area contributed by atoms with E-state index in [0.29, 0.717) is 19.4 Å². The Hall–Kier alpha value is -0.780. The number of nitrogens with two attached hydrogens (primary N) is 1. The smallest absolute Gasteiger partial charge is 0.336 e. The third kappa shape index (κ3) is 3.71. The molecule has 0 bridgehead atoms. The molecule has 4 atom stereocenters. The first kappa shape index (κ1) is 16.6. The molecule has 1 aliphatic carbocycles. The van der Waals surface area contributed by atoms with Gasteiger partial charge in [-0.05, 0) is 45.4 Å². The van der Waals surface area contributed by atoms with E-state index < -0.39 is 18.0 Å². The molecule has 1 saturated heterocycles. The summed E-state index contributed by atoms with van der Waals surface area (Å²) in [6.45, 7) is 2.37. The largest absolute Gasteiger partial charge is 0.391 e. The lowest BCUT2D eigenvalue weighted by Crippen LogP contribution is -2.54. The van der Waals surface area contributed by atoms with Gasteiger partial charge in [-0.15, -0.1) is 0 Å². The summed E-state index contributed by atoms with van der Waals surface area (Å²) in [5.74, 6) is -1.91. The molecule has 21 heavy (non-hydrogen) atoms. The van der Waals surface area contributed by atoms with Crippen molar-refractivity contribution in [1.82, 2.24) is 4.90 Å². The second-order valence-corrected chi connectivity index (χ2v) is 6.52. The number of piperidine rings is 1. The summed E-state index contributed by atoms with van der Waals surface area (Å²) < 4.78 is 38.7. The van der Waals surface area contributed by atoms with Crippen molar-refractivity contribution in [3.63, 3.8) is 0 Å². The highest BCUT2D eigenvalue weighted by Crippen LogP contribution is 2.41. The number of halogens is 3. The van der Waals surface area contributed by atoms with Crippen LogP contribution in [-0.4, -0.2) is 35.6 Å². The fourth-order valence-corrected chi connectivity index (χ4v) is 3.84. The van der Waals surface area contributed by atoms with Crippen LogP contribution in [0.3, 0.4) is 0 Å². The minimum Gasteiger partial charge on any atom is -0.336 e. The zero-order valence-electron chi connectivity index (χ0n) is 12.5. The number of amides is 1. The summed E-state index contributed by atoms with van der Waals surface area (Å²) in [6.07, 6.45) is -0.212. The summed E-state index contributed by atoms with van der Waals surface area (Å²) in [4.78, 5) is 14.5. The molecule has 1 aliphatic heterocycles. The second kappa shape index (κ2) is 6.55. The molecular formula is C15H25F3N2O. The zero-order valence-corrected chi connectivity index (χ0v) is 12.5. The predicted molar refractivity (Wildman–Crippen MR) is 74.5 cm³/mol. The van der Waals surface area contributed by atoms with Crippen LogP contribution in [-0.2, 0) is 4.79 Å². The fourth-order valence-electron chi connectivity index (χ4n) is 3.84. The lowest BCUT2D eigenvalue weighted by atomic mass is 9.79. The maximum atomic E-state index is 12.9. The quantitative estimate of drug-likeness (QED) is 0.852. The van der Waals surface area contributed by atoms with Gasteiger partial charge in [0.1, 0.15) is 0 Å². The van der Waals surface area contributed by atoms with Crippen molar-refractivity contribution in [3.05, 3.63) is 0 Å². The molecular weight excluding hydrogens is 281 g/mol. The molecule has 0 aromatic heterocycles. The molecule has 4 unspecified atom stereocenters. The van der Waals surface area contributed by atoms with Crippen LogP contribution in [0.25, 0.3) is 0 Å². The van der Waals surface area contributed by atoms with Gasteiger partial charge in [-0.3, -0.25) is 4.79 Å². The number of hydrogen-bond acceptors (Lipinski definition) is 2. The van der Waals surface area contributed by atoms with Gasteiger partial charge >= 0.3 is 6.18 Å². The monoisotopic (exact) mass is 306 g/mol. The van der Waals surface area contributed by atoms with Gasteiger partial charge in [0, 0.05) is 24.5 Å². The van der Waals surface area contributed by atoms with Crippen LogP contribution < -0.4 is 5.73 Å². The molecule has 0 aromatic rings. The SMILES string of the molecule is CC1CCCC(CN)N1C(=O)C1CCCC(C(F)(F)F)C1. The van der Waals surface area contributed by atoms with E-state index in [-0.39, 0.29) is 30.8 Å². The highest BCUT2D eigenvalue weighted by atomic mass is 19.4. The molecule has 2 N–H and O–H groups in total. The van der Waals surface area contributed by atoms with Crippen molar-refractivity contribution in [2.75, 3.05) is 6.54 Å². The van der Waals surface area contributed by atoms with Crippen molar-refractivity contribution < 1.29 is 18.0 Å². The summed E-state index contributed by atoms with van der Waals surface area (Å²) in [6, 6.07) is 0.0820. The number of alkyl halides is 3.